The second-order valence-electron chi connectivity index (χ2n) is 2.38. The number of aryl methyl sites for hydroxylation is 1. The number of nitriles is 1. The van der Waals surface area contributed by atoms with E-state index in [0.717, 1.165) is 6.54 Å². The highest BCUT2D eigenvalue weighted by Gasteiger charge is 1.93. The van der Waals surface area contributed by atoms with Crippen LogP contribution in [0.15, 0.2) is 36.4 Å². The van der Waals surface area contributed by atoms with E-state index in [1.807, 2.05) is 36.4 Å². The van der Waals surface area contributed by atoms with Crippen LogP contribution < -0.4 is 4.57 Å². The molecule has 5 nitrogen and oxygen atoms in total. The van der Waals surface area contributed by atoms with E-state index in [9.17, 15) is 0 Å². The van der Waals surface area contributed by atoms with Gasteiger partial charge in [0.2, 0.25) is 6.33 Å². The fourth-order valence-corrected chi connectivity index (χ4v) is 0.781. The highest BCUT2D eigenvalue weighted by Crippen LogP contribution is 1.81. The lowest BCUT2D eigenvalue weighted by atomic mass is 10.6. The molecule has 1 aromatic rings. The van der Waals surface area contributed by atoms with E-state index >= 15 is 0 Å². The first-order valence-electron chi connectivity index (χ1n) is 3.84. The van der Waals surface area contributed by atoms with Gasteiger partial charge in [-0.3, -0.25) is 0 Å². The highest BCUT2D eigenvalue weighted by atomic mass is 15.1. The van der Waals surface area contributed by atoms with Crippen molar-refractivity contribution >= 4 is 6.01 Å². The van der Waals surface area contributed by atoms with E-state index in [4.69, 9.17) is 10.7 Å². The van der Waals surface area contributed by atoms with Crippen LogP contribution in [-0.2, 0) is 13.6 Å². The molecule has 0 aromatic carbocycles. The van der Waals surface area contributed by atoms with E-state index in [0.29, 0.717) is 0 Å². The maximum absolute atomic E-state index is 7.43. The Morgan fingerprint density at radius 3 is 2.79 bits per heavy atom. The molecule has 14 heavy (non-hydrogen) atoms. The molecule has 0 atom stereocenters. The van der Waals surface area contributed by atoms with Crippen molar-refractivity contribution in [1.29, 1.82) is 5.26 Å². The Morgan fingerprint density at radius 2 is 2.50 bits per heavy atom. The van der Waals surface area contributed by atoms with E-state index in [1.54, 1.807) is 0 Å². The monoisotopic (exact) mass is 189 g/mol. The quantitative estimate of drug-likeness (QED) is 0.292. The normalized spacial score (nSPS) is 7.43. The number of aliphatic imine (C=N–C) groups is 1. The Labute approximate surface area is 82.8 Å². The van der Waals surface area contributed by atoms with Gasteiger partial charge in [0, 0.05) is 0 Å². The number of hydrogen-bond acceptors (Lipinski definition) is 2. The van der Waals surface area contributed by atoms with Crippen molar-refractivity contribution in [3.05, 3.63) is 36.8 Å². The van der Waals surface area contributed by atoms with E-state index in [-0.39, 0.29) is 0 Å². The first kappa shape index (κ1) is 11.8. The molecule has 0 saturated carbocycles. The van der Waals surface area contributed by atoms with Gasteiger partial charge in [0.1, 0.15) is 18.9 Å². The third kappa shape index (κ3) is 5.47. The average molecular weight is 189 g/mol. The van der Waals surface area contributed by atoms with Crippen LogP contribution in [0.25, 0.3) is 5.41 Å². The number of allylic oxidation sites excluding steroid dienone is 1. The van der Waals surface area contributed by atoms with Crippen LogP contribution in [0.5, 0.6) is 0 Å². The molecule has 0 N–H and O–H groups in total. The molecule has 72 valence electrons. The summed E-state index contributed by atoms with van der Waals surface area (Å²) < 4.78 is 4.07. The molecule has 1 rings (SSSR count). The third-order valence-corrected chi connectivity index (χ3v) is 1.26. The zero-order chi connectivity index (χ0) is 10.8. The standard InChI is InChI=1S/C7H11N2.C2N3/c1-3-4-9-6-5-8(2)7-9;3-1-5-2-4/h3,5-7H,1,4H2,2H3;/q+1;-1. The van der Waals surface area contributed by atoms with Crippen molar-refractivity contribution in [2.24, 2.45) is 12.0 Å². The Kier molecular flexibility index (Phi) is 6.31. The number of nitrogens with zero attached hydrogens (tertiary/aromatic N) is 5. The van der Waals surface area contributed by atoms with Gasteiger partial charge < -0.3 is 10.4 Å². The molecular formula is C9H11N5. The van der Waals surface area contributed by atoms with Gasteiger partial charge in [0.25, 0.3) is 0 Å². The number of imidazole rings is 1. The second kappa shape index (κ2) is 7.47. The van der Waals surface area contributed by atoms with Gasteiger partial charge in [-0.15, -0.1) is 6.01 Å². The molecule has 0 fully saturated rings. The van der Waals surface area contributed by atoms with Crippen LogP contribution in [-0.4, -0.2) is 10.6 Å². The first-order valence-corrected chi connectivity index (χ1v) is 3.84. The molecule has 0 radical (unpaired) electrons. The first-order chi connectivity index (χ1) is 6.74. The van der Waals surface area contributed by atoms with Gasteiger partial charge in [-0.05, 0) is 0 Å². The summed E-state index contributed by atoms with van der Waals surface area (Å²) in [6, 6.07) is 1.28. The Balaban J connectivity index is 0.000000292. The molecule has 0 aliphatic carbocycles. The fourth-order valence-electron chi connectivity index (χ4n) is 0.781. The third-order valence-electron chi connectivity index (χ3n) is 1.26. The summed E-state index contributed by atoms with van der Waals surface area (Å²) in [6.45, 7) is 4.52. The molecule has 0 saturated heterocycles. The van der Waals surface area contributed by atoms with Gasteiger partial charge in [0.05, 0.1) is 13.2 Å². The average Bonchev–Trinajstić information content (AvgIpc) is 2.55. The highest BCUT2D eigenvalue weighted by molar-refractivity contribution is 5.46. The van der Waals surface area contributed by atoms with Crippen LogP contribution in [0.3, 0.4) is 0 Å². The molecule has 0 spiro atoms. The summed E-state index contributed by atoms with van der Waals surface area (Å²) >= 11 is 0. The maximum Gasteiger partial charge on any atom is 0.243 e. The predicted octanol–water partition coefficient (Wildman–Crippen LogP) is 0.709. The summed E-state index contributed by atoms with van der Waals surface area (Å²) in [5.74, 6) is 0. The van der Waals surface area contributed by atoms with Crippen LogP contribution in [0.1, 0.15) is 0 Å². The van der Waals surface area contributed by atoms with E-state index in [2.05, 4.69) is 16.1 Å². The number of rotatable bonds is 2. The zero-order valence-corrected chi connectivity index (χ0v) is 7.96. The van der Waals surface area contributed by atoms with Gasteiger partial charge in [-0.25, -0.2) is 9.13 Å². The van der Waals surface area contributed by atoms with Gasteiger partial charge >= 0.3 is 0 Å². The van der Waals surface area contributed by atoms with Crippen LogP contribution in [0.4, 0.5) is 0 Å². The number of aromatic nitrogens is 2. The Morgan fingerprint density at radius 1 is 1.79 bits per heavy atom. The molecule has 1 aromatic heterocycles. The maximum atomic E-state index is 7.43. The minimum absolute atomic E-state index is 0.890. The van der Waals surface area contributed by atoms with E-state index in [1.165, 1.54) is 12.2 Å². The minimum atomic E-state index is 0.890. The SMILES string of the molecule is C=CCn1cc[n+](C)c1.N#CN=C=[N-]. The lowest BCUT2D eigenvalue weighted by molar-refractivity contribution is -0.671. The van der Waals surface area contributed by atoms with Crippen LogP contribution in [0, 0.1) is 11.5 Å². The lowest BCUT2D eigenvalue weighted by Crippen LogP contribution is -2.23. The van der Waals surface area contributed by atoms with Crippen molar-refractivity contribution in [3.63, 3.8) is 0 Å². The molecule has 0 bridgehead atoms. The summed E-state index contributed by atoms with van der Waals surface area (Å²) in [6.07, 6.45) is 9.19. The van der Waals surface area contributed by atoms with Crippen molar-refractivity contribution in [2.75, 3.05) is 0 Å². The van der Waals surface area contributed by atoms with E-state index < -0.39 is 0 Å². The summed E-state index contributed by atoms with van der Waals surface area (Å²) in [5, 5.41) is 14.9. The second-order valence-corrected chi connectivity index (χ2v) is 2.38. The van der Waals surface area contributed by atoms with Crippen molar-refractivity contribution < 1.29 is 4.57 Å². The summed E-state index contributed by atoms with van der Waals surface area (Å²) in [7, 11) is 2.00. The van der Waals surface area contributed by atoms with Crippen molar-refractivity contribution in [1.82, 2.24) is 4.57 Å². The van der Waals surface area contributed by atoms with Crippen molar-refractivity contribution in [3.8, 4) is 6.19 Å². The molecular weight excluding hydrogens is 178 g/mol. The number of hydrogen-bond donors (Lipinski definition) is 0. The minimum Gasteiger partial charge on any atom is -0.422 e. The smallest absolute Gasteiger partial charge is 0.243 e. The van der Waals surface area contributed by atoms with Crippen molar-refractivity contribution in [2.45, 2.75) is 6.54 Å². The Bertz CT molecular complexity index is 365. The van der Waals surface area contributed by atoms with Crippen LogP contribution in [0.2, 0.25) is 0 Å². The van der Waals surface area contributed by atoms with Crippen LogP contribution >= 0.6 is 0 Å². The van der Waals surface area contributed by atoms with Gasteiger partial charge in [0.15, 0.2) is 0 Å². The molecule has 0 aliphatic heterocycles. The fraction of sp³-hybridized carbons (Fsp3) is 0.222. The Hall–Kier alpha value is -2.18. The summed E-state index contributed by atoms with van der Waals surface area (Å²) in [5.41, 5.74) is 0. The van der Waals surface area contributed by atoms with Gasteiger partial charge in [-0.2, -0.15) is 5.26 Å². The molecule has 0 unspecified atom stereocenters. The molecule has 1 heterocycles. The van der Waals surface area contributed by atoms with Gasteiger partial charge in [-0.1, -0.05) is 12.7 Å². The molecule has 0 amide bonds. The molecule has 5 heteroatoms. The zero-order valence-electron chi connectivity index (χ0n) is 7.96. The summed E-state index contributed by atoms with van der Waals surface area (Å²) in [4.78, 5) is 2.58. The topological polar surface area (TPSA) is 67.3 Å². The largest absolute Gasteiger partial charge is 0.422 e. The lowest BCUT2D eigenvalue weighted by Gasteiger charge is -1.83. The molecule has 0 aliphatic rings. The predicted molar refractivity (Wildman–Crippen MR) is 52.2 cm³/mol.